The van der Waals surface area contributed by atoms with Gasteiger partial charge in [0.1, 0.15) is 5.01 Å². The van der Waals surface area contributed by atoms with Crippen molar-refractivity contribution in [1.82, 2.24) is 9.29 Å². The minimum atomic E-state index is -3.71. The first-order valence-corrected chi connectivity index (χ1v) is 13.3. The molecule has 10 heteroatoms. The molecule has 1 aliphatic rings. The van der Waals surface area contributed by atoms with E-state index < -0.39 is 16.0 Å². The molecule has 2 heterocycles. The zero-order valence-corrected chi connectivity index (χ0v) is 20.3. The first-order chi connectivity index (χ1) is 16.4. The Hall–Kier alpha value is -3.08. The molecular weight excluding hydrogens is 474 g/mol. The number of benzene rings is 2. The third kappa shape index (κ3) is 5.35. The number of esters is 1. The Bertz CT molecular complexity index is 1250. The van der Waals surface area contributed by atoms with Crippen LogP contribution in [0, 0.1) is 5.92 Å². The molecule has 34 heavy (non-hydrogen) atoms. The topological polar surface area (TPSA) is 106 Å². The normalized spacial score (nSPS) is 15.1. The van der Waals surface area contributed by atoms with Crippen LogP contribution in [0.2, 0.25) is 0 Å². The number of ether oxygens (including phenoxy) is 1. The van der Waals surface area contributed by atoms with Crippen molar-refractivity contribution < 1.29 is 22.7 Å². The van der Waals surface area contributed by atoms with Crippen molar-refractivity contribution in [1.29, 1.82) is 0 Å². The number of piperidine rings is 1. The van der Waals surface area contributed by atoms with Crippen LogP contribution in [0.1, 0.15) is 30.1 Å². The van der Waals surface area contributed by atoms with Crippen LogP contribution < -0.4 is 5.32 Å². The summed E-state index contributed by atoms with van der Waals surface area (Å²) in [6.45, 7) is 2.46. The summed E-state index contributed by atoms with van der Waals surface area (Å²) in [6.07, 6.45) is 2.60. The van der Waals surface area contributed by atoms with Crippen LogP contribution in [0.5, 0.6) is 0 Å². The van der Waals surface area contributed by atoms with Crippen LogP contribution >= 0.6 is 11.3 Å². The van der Waals surface area contributed by atoms with Crippen molar-refractivity contribution in [3.05, 3.63) is 65.7 Å². The molecule has 4 rings (SSSR count). The van der Waals surface area contributed by atoms with Crippen LogP contribution in [0.3, 0.4) is 0 Å². The summed E-state index contributed by atoms with van der Waals surface area (Å²) >= 11 is 1.53. The van der Waals surface area contributed by atoms with Crippen molar-refractivity contribution in [2.75, 3.05) is 25.0 Å². The van der Waals surface area contributed by atoms with Gasteiger partial charge in [-0.3, -0.25) is 4.79 Å². The lowest BCUT2D eigenvalue weighted by Gasteiger charge is -2.30. The monoisotopic (exact) mass is 499 g/mol. The van der Waals surface area contributed by atoms with E-state index >= 15 is 0 Å². The van der Waals surface area contributed by atoms with Gasteiger partial charge in [0.25, 0.3) is 0 Å². The number of nitrogens with one attached hydrogen (secondary N) is 1. The van der Waals surface area contributed by atoms with Crippen LogP contribution in [0.15, 0.2) is 65.0 Å². The predicted octanol–water partition coefficient (Wildman–Crippen LogP) is 4.03. The Labute approximate surface area is 202 Å². The summed E-state index contributed by atoms with van der Waals surface area (Å²) in [5.41, 5.74) is 1.92. The molecule has 0 saturated carbocycles. The average Bonchev–Trinajstić information content (AvgIpc) is 3.40. The number of hydrogen-bond acceptors (Lipinski definition) is 7. The van der Waals surface area contributed by atoms with E-state index in [2.05, 4.69) is 10.3 Å². The Morgan fingerprint density at radius 1 is 1.15 bits per heavy atom. The molecule has 0 atom stereocenters. The van der Waals surface area contributed by atoms with Gasteiger partial charge >= 0.3 is 5.97 Å². The summed E-state index contributed by atoms with van der Waals surface area (Å²) < 4.78 is 32.4. The van der Waals surface area contributed by atoms with E-state index in [9.17, 15) is 18.0 Å². The molecule has 8 nitrogen and oxygen atoms in total. The van der Waals surface area contributed by atoms with E-state index in [0.717, 1.165) is 10.6 Å². The number of anilines is 1. The number of carbonyl (C=O) groups is 2. The molecule has 1 amide bonds. The van der Waals surface area contributed by atoms with Gasteiger partial charge in [0, 0.05) is 41.8 Å². The molecule has 0 radical (unpaired) electrons. The van der Waals surface area contributed by atoms with Gasteiger partial charge in [0.05, 0.1) is 17.1 Å². The van der Waals surface area contributed by atoms with E-state index in [1.54, 1.807) is 13.1 Å². The number of hydrogen-bond donors (Lipinski definition) is 1. The second-order valence-electron chi connectivity index (χ2n) is 7.83. The van der Waals surface area contributed by atoms with Gasteiger partial charge in [-0.15, -0.1) is 11.3 Å². The SMILES string of the molecule is CCOC(=O)c1ccc(S(=O)(=O)N2CCC(C(=O)Nc3cccc(-c4nccs4)c3)CC2)cc1. The van der Waals surface area contributed by atoms with Crippen LogP contribution in [0.25, 0.3) is 10.6 Å². The van der Waals surface area contributed by atoms with Crippen molar-refractivity contribution in [3.63, 3.8) is 0 Å². The molecule has 3 aromatic rings. The maximum absolute atomic E-state index is 13.0. The Kier molecular flexibility index (Phi) is 7.40. The molecular formula is C24H25N3O5S2. The lowest BCUT2D eigenvalue weighted by Crippen LogP contribution is -2.41. The predicted molar refractivity (Wildman–Crippen MR) is 130 cm³/mol. The second-order valence-corrected chi connectivity index (χ2v) is 10.7. The minimum Gasteiger partial charge on any atom is -0.462 e. The van der Waals surface area contributed by atoms with E-state index in [4.69, 9.17) is 4.74 Å². The third-order valence-electron chi connectivity index (χ3n) is 5.64. The zero-order valence-electron chi connectivity index (χ0n) is 18.6. The third-order valence-corrected chi connectivity index (χ3v) is 8.37. The van der Waals surface area contributed by atoms with Crippen LogP contribution in [0.4, 0.5) is 5.69 Å². The van der Waals surface area contributed by atoms with Crippen LogP contribution in [-0.2, 0) is 19.6 Å². The molecule has 0 spiro atoms. The zero-order chi connectivity index (χ0) is 24.1. The average molecular weight is 500 g/mol. The lowest BCUT2D eigenvalue weighted by molar-refractivity contribution is -0.120. The van der Waals surface area contributed by atoms with Crippen molar-refractivity contribution in [2.24, 2.45) is 5.92 Å². The first-order valence-electron chi connectivity index (χ1n) is 11.0. The molecule has 1 aliphatic heterocycles. The van der Waals surface area contributed by atoms with E-state index in [-0.39, 0.29) is 36.4 Å². The number of thiazole rings is 1. The smallest absolute Gasteiger partial charge is 0.338 e. The number of aromatic nitrogens is 1. The van der Waals surface area contributed by atoms with E-state index in [1.807, 2.05) is 29.6 Å². The maximum atomic E-state index is 13.0. The Morgan fingerprint density at radius 2 is 1.88 bits per heavy atom. The molecule has 1 aromatic heterocycles. The van der Waals surface area contributed by atoms with Gasteiger partial charge in [-0.1, -0.05) is 12.1 Å². The fourth-order valence-corrected chi connectivity index (χ4v) is 5.93. The van der Waals surface area contributed by atoms with Crippen molar-refractivity contribution in [3.8, 4) is 10.6 Å². The van der Waals surface area contributed by atoms with Gasteiger partial charge in [0.2, 0.25) is 15.9 Å². The summed E-state index contributed by atoms with van der Waals surface area (Å²) in [6, 6.07) is 13.2. The van der Waals surface area contributed by atoms with E-state index in [1.165, 1.54) is 39.9 Å². The molecule has 2 aromatic carbocycles. The van der Waals surface area contributed by atoms with E-state index in [0.29, 0.717) is 24.1 Å². The van der Waals surface area contributed by atoms with Gasteiger partial charge in [-0.25, -0.2) is 18.2 Å². The van der Waals surface area contributed by atoms with Gasteiger partial charge < -0.3 is 10.1 Å². The molecule has 1 N–H and O–H groups in total. The lowest BCUT2D eigenvalue weighted by atomic mass is 9.97. The summed E-state index contributed by atoms with van der Waals surface area (Å²) in [5, 5.41) is 5.73. The highest BCUT2D eigenvalue weighted by Crippen LogP contribution is 2.27. The second kappa shape index (κ2) is 10.5. The molecule has 178 valence electrons. The largest absolute Gasteiger partial charge is 0.462 e. The molecule has 1 saturated heterocycles. The number of sulfonamides is 1. The Morgan fingerprint density at radius 3 is 2.53 bits per heavy atom. The Balaban J connectivity index is 1.36. The molecule has 0 bridgehead atoms. The maximum Gasteiger partial charge on any atom is 0.338 e. The minimum absolute atomic E-state index is 0.113. The summed E-state index contributed by atoms with van der Waals surface area (Å²) in [7, 11) is -3.71. The fourth-order valence-electron chi connectivity index (χ4n) is 3.83. The molecule has 0 aliphatic carbocycles. The number of amides is 1. The number of rotatable bonds is 7. The standard InChI is InChI=1S/C24H25N3O5S2/c1-2-32-24(29)18-6-8-21(9-7-18)34(30,31)27-13-10-17(11-14-27)22(28)26-20-5-3-4-19(16-20)23-25-12-15-33-23/h3-9,12,15-17H,2,10-11,13-14H2,1H3,(H,26,28). The van der Waals surface area contributed by atoms with Crippen molar-refractivity contribution >= 4 is 38.9 Å². The quantitative estimate of drug-likeness (QED) is 0.492. The van der Waals surface area contributed by atoms with Crippen molar-refractivity contribution in [2.45, 2.75) is 24.7 Å². The van der Waals surface area contributed by atoms with Crippen LogP contribution in [-0.4, -0.2) is 49.3 Å². The molecule has 1 fully saturated rings. The highest BCUT2D eigenvalue weighted by molar-refractivity contribution is 7.89. The highest BCUT2D eigenvalue weighted by Gasteiger charge is 2.32. The summed E-state index contributed by atoms with van der Waals surface area (Å²) in [5.74, 6) is -0.885. The fraction of sp³-hybridized carbons (Fsp3) is 0.292. The first kappa shape index (κ1) is 24.1. The summed E-state index contributed by atoms with van der Waals surface area (Å²) in [4.78, 5) is 29.0. The number of nitrogens with zero attached hydrogens (tertiary/aromatic N) is 2. The van der Waals surface area contributed by atoms with Gasteiger partial charge in [-0.2, -0.15) is 4.31 Å². The van der Waals surface area contributed by atoms with Gasteiger partial charge in [0.15, 0.2) is 0 Å². The molecule has 0 unspecified atom stereocenters. The van der Waals surface area contributed by atoms with Gasteiger partial charge in [-0.05, 0) is 56.2 Å². The highest BCUT2D eigenvalue weighted by atomic mass is 32.2. The number of carbonyl (C=O) groups excluding carboxylic acids is 2.